The maximum atomic E-state index is 11.2. The zero-order valence-corrected chi connectivity index (χ0v) is 10.7. The van der Waals surface area contributed by atoms with E-state index in [2.05, 4.69) is 18.6 Å². The van der Waals surface area contributed by atoms with Gasteiger partial charge in [0, 0.05) is 0 Å². The minimum atomic E-state index is -0.299. The van der Waals surface area contributed by atoms with Crippen molar-refractivity contribution in [3.8, 4) is 0 Å². The number of benzene rings is 1. The van der Waals surface area contributed by atoms with Gasteiger partial charge in [-0.15, -0.1) is 0 Å². The highest BCUT2D eigenvalue weighted by atomic mass is 16.5. The lowest BCUT2D eigenvalue weighted by atomic mass is 10.1. The summed E-state index contributed by atoms with van der Waals surface area (Å²) in [6.07, 6.45) is 2.21. The minimum absolute atomic E-state index is 0.299. The Bertz CT molecular complexity index is 343. The van der Waals surface area contributed by atoms with Crippen molar-refractivity contribution in [3.63, 3.8) is 0 Å². The lowest BCUT2D eigenvalue weighted by molar-refractivity contribution is 0.0600. The molecule has 0 N–H and O–H groups in total. The van der Waals surface area contributed by atoms with E-state index in [0.717, 1.165) is 12.8 Å². The van der Waals surface area contributed by atoms with Crippen LogP contribution in [0.4, 0.5) is 0 Å². The topological polar surface area (TPSA) is 35.5 Å². The van der Waals surface area contributed by atoms with Gasteiger partial charge in [0.1, 0.15) is 0 Å². The summed E-state index contributed by atoms with van der Waals surface area (Å²) in [6.45, 7) is 4.89. The van der Waals surface area contributed by atoms with E-state index in [1.165, 1.54) is 12.7 Å². The van der Waals surface area contributed by atoms with E-state index in [0.29, 0.717) is 18.3 Å². The lowest BCUT2D eigenvalue weighted by Gasteiger charge is -2.10. The van der Waals surface area contributed by atoms with Gasteiger partial charge in [0.25, 0.3) is 0 Å². The molecule has 0 aliphatic heterocycles. The molecule has 0 saturated heterocycles. The van der Waals surface area contributed by atoms with Gasteiger partial charge in [0.15, 0.2) is 0 Å². The van der Waals surface area contributed by atoms with Crippen LogP contribution in [0.25, 0.3) is 0 Å². The molecule has 0 heterocycles. The highest BCUT2D eigenvalue weighted by Gasteiger charge is 2.04. The Morgan fingerprint density at radius 1 is 1.29 bits per heavy atom. The van der Waals surface area contributed by atoms with Crippen molar-refractivity contribution in [2.75, 3.05) is 13.7 Å². The van der Waals surface area contributed by atoms with Gasteiger partial charge in [-0.05, 0) is 37.5 Å². The van der Waals surface area contributed by atoms with E-state index in [1.807, 2.05) is 12.1 Å². The average Bonchev–Trinajstić information content (AvgIpc) is 2.38. The summed E-state index contributed by atoms with van der Waals surface area (Å²) >= 11 is 0. The molecule has 0 aliphatic carbocycles. The molecule has 17 heavy (non-hydrogen) atoms. The van der Waals surface area contributed by atoms with Crippen molar-refractivity contribution in [1.82, 2.24) is 0 Å². The fraction of sp³-hybridized carbons (Fsp3) is 0.500. The third-order valence-corrected chi connectivity index (χ3v) is 2.74. The summed E-state index contributed by atoms with van der Waals surface area (Å²) in [6, 6.07) is 7.44. The predicted octanol–water partition coefficient (Wildman–Crippen LogP) is 2.83. The Hall–Kier alpha value is -1.35. The molecule has 0 aliphatic rings. The van der Waals surface area contributed by atoms with Gasteiger partial charge in [0.05, 0.1) is 25.4 Å². The molecule has 1 unspecified atom stereocenters. The Labute approximate surface area is 103 Å². The fourth-order valence-corrected chi connectivity index (χ4v) is 1.42. The van der Waals surface area contributed by atoms with E-state index in [4.69, 9.17) is 4.74 Å². The van der Waals surface area contributed by atoms with Crippen LogP contribution in [0.1, 0.15) is 36.2 Å². The van der Waals surface area contributed by atoms with Crippen molar-refractivity contribution >= 4 is 5.97 Å². The molecule has 1 aromatic rings. The van der Waals surface area contributed by atoms with Crippen molar-refractivity contribution in [2.24, 2.45) is 0 Å². The minimum Gasteiger partial charge on any atom is -0.465 e. The van der Waals surface area contributed by atoms with E-state index >= 15 is 0 Å². The zero-order chi connectivity index (χ0) is 12.7. The number of hydrogen-bond acceptors (Lipinski definition) is 3. The molecule has 1 atom stereocenters. The molecule has 1 aromatic carbocycles. The SMILES string of the molecule is CCC(C)OCCc1ccc(C(=O)OC)cc1. The number of ether oxygens (including phenoxy) is 2. The molecule has 3 nitrogen and oxygen atoms in total. The first-order valence-electron chi connectivity index (χ1n) is 5.96. The van der Waals surface area contributed by atoms with Crippen LogP contribution < -0.4 is 0 Å². The number of methoxy groups -OCH3 is 1. The molecule has 0 aromatic heterocycles. The molecule has 1 rings (SSSR count). The smallest absolute Gasteiger partial charge is 0.337 e. The second kappa shape index (κ2) is 7.07. The van der Waals surface area contributed by atoms with Crippen LogP contribution in [0.2, 0.25) is 0 Å². The van der Waals surface area contributed by atoms with Crippen molar-refractivity contribution in [1.29, 1.82) is 0 Å². The van der Waals surface area contributed by atoms with Gasteiger partial charge in [-0.25, -0.2) is 4.79 Å². The monoisotopic (exact) mass is 236 g/mol. The second-order valence-corrected chi connectivity index (χ2v) is 4.03. The highest BCUT2D eigenvalue weighted by Crippen LogP contribution is 2.07. The number of hydrogen-bond donors (Lipinski definition) is 0. The summed E-state index contributed by atoms with van der Waals surface area (Å²) in [7, 11) is 1.39. The van der Waals surface area contributed by atoms with E-state index in [-0.39, 0.29) is 5.97 Å². The second-order valence-electron chi connectivity index (χ2n) is 4.03. The van der Waals surface area contributed by atoms with Gasteiger partial charge < -0.3 is 9.47 Å². The van der Waals surface area contributed by atoms with Crippen LogP contribution in [0, 0.1) is 0 Å². The number of carbonyl (C=O) groups excluding carboxylic acids is 1. The van der Waals surface area contributed by atoms with E-state index in [1.54, 1.807) is 12.1 Å². The van der Waals surface area contributed by atoms with Gasteiger partial charge >= 0.3 is 5.97 Å². The van der Waals surface area contributed by atoms with E-state index < -0.39 is 0 Å². The largest absolute Gasteiger partial charge is 0.465 e. The molecule has 0 saturated carbocycles. The summed E-state index contributed by atoms with van der Waals surface area (Å²) in [5.41, 5.74) is 1.75. The van der Waals surface area contributed by atoms with Gasteiger partial charge in [0.2, 0.25) is 0 Å². The summed E-state index contributed by atoms with van der Waals surface area (Å²) in [4.78, 5) is 11.2. The maximum absolute atomic E-state index is 11.2. The normalized spacial score (nSPS) is 12.2. The molecule has 0 radical (unpaired) electrons. The summed E-state index contributed by atoms with van der Waals surface area (Å²) in [5, 5.41) is 0. The highest BCUT2D eigenvalue weighted by molar-refractivity contribution is 5.89. The molecule has 0 spiro atoms. The third kappa shape index (κ3) is 4.57. The molecular formula is C14H20O3. The quantitative estimate of drug-likeness (QED) is 0.712. The number of rotatable bonds is 6. The third-order valence-electron chi connectivity index (χ3n) is 2.74. The van der Waals surface area contributed by atoms with Crippen molar-refractivity contribution in [2.45, 2.75) is 32.8 Å². The first-order chi connectivity index (χ1) is 8.17. The number of esters is 1. The van der Waals surface area contributed by atoms with Crippen LogP contribution >= 0.6 is 0 Å². The fourth-order valence-electron chi connectivity index (χ4n) is 1.42. The number of carbonyl (C=O) groups is 1. The summed E-state index contributed by atoms with van der Waals surface area (Å²) < 4.78 is 10.2. The molecular weight excluding hydrogens is 216 g/mol. The Morgan fingerprint density at radius 3 is 2.47 bits per heavy atom. The van der Waals surface area contributed by atoms with Crippen LogP contribution in [0.5, 0.6) is 0 Å². The van der Waals surface area contributed by atoms with E-state index in [9.17, 15) is 4.79 Å². The molecule has 0 amide bonds. The standard InChI is InChI=1S/C14H20O3/c1-4-11(2)17-10-9-12-5-7-13(8-6-12)14(15)16-3/h5-8,11H,4,9-10H2,1-3H3. The Balaban J connectivity index is 2.43. The summed E-state index contributed by atoms with van der Waals surface area (Å²) in [5.74, 6) is -0.299. The van der Waals surface area contributed by atoms with Crippen molar-refractivity contribution in [3.05, 3.63) is 35.4 Å². The zero-order valence-electron chi connectivity index (χ0n) is 10.7. The maximum Gasteiger partial charge on any atom is 0.337 e. The molecule has 0 fully saturated rings. The van der Waals surface area contributed by atoms with Gasteiger partial charge in [-0.2, -0.15) is 0 Å². The van der Waals surface area contributed by atoms with Crippen molar-refractivity contribution < 1.29 is 14.3 Å². The first-order valence-corrected chi connectivity index (χ1v) is 5.96. The van der Waals surface area contributed by atoms with Gasteiger partial charge in [-0.1, -0.05) is 19.1 Å². The predicted molar refractivity (Wildman–Crippen MR) is 67.2 cm³/mol. The molecule has 94 valence electrons. The van der Waals surface area contributed by atoms with Crippen LogP contribution in [-0.4, -0.2) is 25.8 Å². The first kappa shape index (κ1) is 13.7. The molecule has 0 bridgehead atoms. The van der Waals surface area contributed by atoms with Crippen LogP contribution in [0.15, 0.2) is 24.3 Å². The van der Waals surface area contributed by atoms with Gasteiger partial charge in [-0.3, -0.25) is 0 Å². The Morgan fingerprint density at radius 2 is 1.94 bits per heavy atom. The molecule has 3 heteroatoms. The average molecular weight is 236 g/mol. The van der Waals surface area contributed by atoms with Crippen LogP contribution in [-0.2, 0) is 15.9 Å². The Kier molecular flexibility index (Phi) is 5.70. The lowest BCUT2D eigenvalue weighted by Crippen LogP contribution is -2.09. The van der Waals surface area contributed by atoms with Crippen LogP contribution in [0.3, 0.4) is 0 Å².